The Morgan fingerprint density at radius 1 is 1.50 bits per heavy atom. The third kappa shape index (κ3) is 4.44. The quantitative estimate of drug-likeness (QED) is 0.687. The van der Waals surface area contributed by atoms with Crippen LogP contribution in [-0.4, -0.2) is 60.8 Å². The SMILES string of the molecule is O=C(O)C1CCCN1C(=O)NCCOCC(F)F. The predicted octanol–water partition coefficient (Wildman–Crippen LogP) is 0.527. The molecule has 1 aliphatic heterocycles. The molecule has 8 heteroatoms. The molecule has 1 unspecified atom stereocenters. The van der Waals surface area contributed by atoms with Crippen LogP contribution in [0.5, 0.6) is 0 Å². The topological polar surface area (TPSA) is 78.9 Å². The van der Waals surface area contributed by atoms with Crippen LogP contribution < -0.4 is 5.32 Å². The first-order valence-corrected chi connectivity index (χ1v) is 5.65. The van der Waals surface area contributed by atoms with Crippen LogP contribution in [0.4, 0.5) is 13.6 Å². The summed E-state index contributed by atoms with van der Waals surface area (Å²) >= 11 is 0. The molecule has 0 aliphatic carbocycles. The molecule has 104 valence electrons. The Morgan fingerprint density at radius 3 is 2.83 bits per heavy atom. The van der Waals surface area contributed by atoms with Crippen molar-refractivity contribution in [2.75, 3.05) is 26.3 Å². The fourth-order valence-corrected chi connectivity index (χ4v) is 1.77. The van der Waals surface area contributed by atoms with Crippen LogP contribution in [0.25, 0.3) is 0 Å². The highest BCUT2D eigenvalue weighted by Gasteiger charge is 2.33. The number of alkyl halides is 2. The van der Waals surface area contributed by atoms with Gasteiger partial charge >= 0.3 is 12.0 Å². The van der Waals surface area contributed by atoms with Gasteiger partial charge in [0.25, 0.3) is 6.43 Å². The summed E-state index contributed by atoms with van der Waals surface area (Å²) in [5.74, 6) is -1.03. The van der Waals surface area contributed by atoms with Crippen molar-refractivity contribution in [3.8, 4) is 0 Å². The van der Waals surface area contributed by atoms with E-state index in [1.54, 1.807) is 0 Å². The molecule has 1 rings (SSSR count). The van der Waals surface area contributed by atoms with Crippen molar-refractivity contribution in [1.29, 1.82) is 0 Å². The van der Waals surface area contributed by atoms with Crippen LogP contribution in [0.2, 0.25) is 0 Å². The molecule has 0 saturated carbocycles. The van der Waals surface area contributed by atoms with E-state index < -0.39 is 31.1 Å². The molecule has 0 aromatic heterocycles. The number of hydrogen-bond donors (Lipinski definition) is 2. The monoisotopic (exact) mass is 266 g/mol. The summed E-state index contributed by atoms with van der Waals surface area (Å²) in [7, 11) is 0. The lowest BCUT2D eigenvalue weighted by molar-refractivity contribution is -0.141. The molecule has 0 bridgehead atoms. The number of carboxylic acid groups (broad SMARTS) is 1. The number of rotatable bonds is 6. The van der Waals surface area contributed by atoms with Crippen molar-refractivity contribution in [1.82, 2.24) is 10.2 Å². The Kier molecular flexibility index (Phi) is 5.76. The number of carbonyl (C=O) groups excluding carboxylic acids is 1. The molecule has 1 saturated heterocycles. The Balaban J connectivity index is 2.22. The molecular weight excluding hydrogens is 250 g/mol. The van der Waals surface area contributed by atoms with Crippen molar-refractivity contribution in [2.24, 2.45) is 0 Å². The van der Waals surface area contributed by atoms with E-state index in [9.17, 15) is 18.4 Å². The lowest BCUT2D eigenvalue weighted by Crippen LogP contribution is -2.46. The second kappa shape index (κ2) is 7.10. The largest absolute Gasteiger partial charge is 0.480 e. The molecule has 0 aromatic carbocycles. The number of amides is 2. The van der Waals surface area contributed by atoms with E-state index >= 15 is 0 Å². The van der Waals surface area contributed by atoms with Crippen LogP contribution in [0, 0.1) is 0 Å². The van der Waals surface area contributed by atoms with Gasteiger partial charge in [-0.3, -0.25) is 0 Å². The Bertz CT molecular complexity index is 302. The third-order valence-electron chi connectivity index (χ3n) is 2.57. The summed E-state index contributed by atoms with van der Waals surface area (Å²) < 4.78 is 28.0. The van der Waals surface area contributed by atoms with Gasteiger partial charge in [0.05, 0.1) is 6.61 Å². The number of nitrogens with zero attached hydrogens (tertiary/aromatic N) is 1. The highest BCUT2D eigenvalue weighted by Crippen LogP contribution is 2.16. The highest BCUT2D eigenvalue weighted by atomic mass is 19.3. The standard InChI is InChI=1S/C10H16F2N2O4/c11-8(12)6-18-5-3-13-10(17)14-4-1-2-7(14)9(15)16/h7-8H,1-6H2,(H,13,17)(H,15,16). The van der Waals surface area contributed by atoms with Gasteiger partial charge in [-0.15, -0.1) is 0 Å². The average molecular weight is 266 g/mol. The van der Waals surface area contributed by atoms with Crippen molar-refractivity contribution < 1.29 is 28.2 Å². The number of urea groups is 1. The zero-order chi connectivity index (χ0) is 13.5. The minimum absolute atomic E-state index is 0.0261. The first kappa shape index (κ1) is 14.6. The molecule has 6 nitrogen and oxygen atoms in total. The minimum Gasteiger partial charge on any atom is -0.480 e. The van der Waals surface area contributed by atoms with Gasteiger partial charge in [0.2, 0.25) is 0 Å². The van der Waals surface area contributed by atoms with E-state index in [1.807, 2.05) is 0 Å². The van der Waals surface area contributed by atoms with E-state index in [4.69, 9.17) is 5.11 Å². The van der Waals surface area contributed by atoms with Crippen LogP contribution in [-0.2, 0) is 9.53 Å². The number of likely N-dealkylation sites (tertiary alicyclic amines) is 1. The van der Waals surface area contributed by atoms with Crippen molar-refractivity contribution >= 4 is 12.0 Å². The molecule has 0 aromatic rings. The molecule has 1 fully saturated rings. The van der Waals surface area contributed by atoms with Gasteiger partial charge in [-0.05, 0) is 12.8 Å². The molecule has 1 aliphatic rings. The minimum atomic E-state index is -2.53. The number of halogens is 2. The predicted molar refractivity (Wildman–Crippen MR) is 57.6 cm³/mol. The number of hydrogen-bond acceptors (Lipinski definition) is 3. The lowest BCUT2D eigenvalue weighted by atomic mass is 10.2. The second-order valence-corrected chi connectivity index (χ2v) is 3.89. The van der Waals surface area contributed by atoms with Gasteiger partial charge in [-0.1, -0.05) is 0 Å². The molecule has 1 atom stereocenters. The highest BCUT2D eigenvalue weighted by molar-refractivity contribution is 5.83. The Hall–Kier alpha value is -1.44. The Labute approximate surface area is 103 Å². The third-order valence-corrected chi connectivity index (χ3v) is 2.57. The van der Waals surface area contributed by atoms with Gasteiger partial charge in [-0.2, -0.15) is 0 Å². The molecule has 18 heavy (non-hydrogen) atoms. The van der Waals surface area contributed by atoms with Gasteiger partial charge < -0.3 is 20.1 Å². The molecular formula is C10H16F2N2O4. The van der Waals surface area contributed by atoms with Crippen molar-refractivity contribution in [2.45, 2.75) is 25.3 Å². The summed E-state index contributed by atoms with van der Waals surface area (Å²) in [6.07, 6.45) is -1.45. The number of aliphatic carboxylic acids is 1. The summed E-state index contributed by atoms with van der Waals surface area (Å²) in [5, 5.41) is 11.3. The molecule has 2 N–H and O–H groups in total. The molecule has 2 amide bonds. The maximum Gasteiger partial charge on any atom is 0.326 e. The first-order chi connectivity index (χ1) is 8.52. The average Bonchev–Trinajstić information content (AvgIpc) is 2.76. The number of nitrogens with one attached hydrogen (secondary N) is 1. The van der Waals surface area contributed by atoms with Crippen LogP contribution in [0.1, 0.15) is 12.8 Å². The second-order valence-electron chi connectivity index (χ2n) is 3.89. The lowest BCUT2D eigenvalue weighted by Gasteiger charge is -2.21. The van der Waals surface area contributed by atoms with E-state index in [0.29, 0.717) is 19.4 Å². The zero-order valence-electron chi connectivity index (χ0n) is 9.77. The molecule has 0 radical (unpaired) electrons. The van der Waals surface area contributed by atoms with E-state index in [2.05, 4.69) is 10.1 Å². The number of ether oxygens (including phenoxy) is 1. The van der Waals surface area contributed by atoms with Gasteiger partial charge in [0, 0.05) is 13.1 Å². The van der Waals surface area contributed by atoms with Gasteiger partial charge in [0.15, 0.2) is 0 Å². The van der Waals surface area contributed by atoms with Crippen molar-refractivity contribution in [3.05, 3.63) is 0 Å². The summed E-state index contributed by atoms with van der Waals surface area (Å²) in [6, 6.07) is -1.30. The van der Waals surface area contributed by atoms with Crippen molar-refractivity contribution in [3.63, 3.8) is 0 Å². The van der Waals surface area contributed by atoms with E-state index in [0.717, 1.165) is 0 Å². The van der Waals surface area contributed by atoms with E-state index in [1.165, 1.54) is 4.90 Å². The maximum atomic E-state index is 11.7. The molecule has 0 spiro atoms. The van der Waals surface area contributed by atoms with E-state index in [-0.39, 0.29) is 13.2 Å². The summed E-state index contributed by atoms with van der Waals surface area (Å²) in [4.78, 5) is 23.7. The van der Waals surface area contributed by atoms with Gasteiger partial charge in [0.1, 0.15) is 12.6 Å². The zero-order valence-corrected chi connectivity index (χ0v) is 9.77. The maximum absolute atomic E-state index is 11.7. The van der Waals surface area contributed by atoms with Crippen LogP contribution >= 0.6 is 0 Å². The van der Waals surface area contributed by atoms with Gasteiger partial charge in [-0.25, -0.2) is 18.4 Å². The number of carbonyl (C=O) groups is 2. The smallest absolute Gasteiger partial charge is 0.326 e. The number of carboxylic acids is 1. The summed E-state index contributed by atoms with van der Waals surface area (Å²) in [6.45, 7) is -0.228. The van der Waals surface area contributed by atoms with Crippen LogP contribution in [0.3, 0.4) is 0 Å². The summed E-state index contributed by atoms with van der Waals surface area (Å²) in [5.41, 5.74) is 0. The molecule has 1 heterocycles. The fraction of sp³-hybridized carbons (Fsp3) is 0.800. The Morgan fingerprint density at radius 2 is 2.22 bits per heavy atom. The normalized spacial score (nSPS) is 19.3. The van der Waals surface area contributed by atoms with Crippen LogP contribution in [0.15, 0.2) is 0 Å². The fourth-order valence-electron chi connectivity index (χ4n) is 1.77. The first-order valence-electron chi connectivity index (χ1n) is 5.65.